The first-order valence-electron chi connectivity index (χ1n) is 5.66. The van der Waals surface area contributed by atoms with Crippen molar-refractivity contribution >= 4 is 5.91 Å². The van der Waals surface area contributed by atoms with Gasteiger partial charge in [0.2, 0.25) is 5.91 Å². The molecule has 96 valence electrons. The Morgan fingerprint density at radius 1 is 1.50 bits per heavy atom. The number of likely N-dealkylation sites (N-methyl/N-ethyl adjacent to an activating group) is 1. The quantitative estimate of drug-likeness (QED) is 0.600. The minimum absolute atomic E-state index is 0.0243. The van der Waals surface area contributed by atoms with Crippen molar-refractivity contribution in [3.63, 3.8) is 0 Å². The third kappa shape index (κ3) is 7.62. The lowest BCUT2D eigenvalue weighted by molar-refractivity contribution is -0.123. The summed E-state index contributed by atoms with van der Waals surface area (Å²) in [6.07, 6.45) is 0. The van der Waals surface area contributed by atoms with Crippen molar-refractivity contribution < 1.29 is 9.53 Å². The van der Waals surface area contributed by atoms with Gasteiger partial charge in [0.1, 0.15) is 0 Å². The number of nitrogens with two attached hydrogens (primary N) is 1. The van der Waals surface area contributed by atoms with Crippen molar-refractivity contribution in [1.29, 1.82) is 0 Å². The number of hydrogen-bond donors (Lipinski definition) is 2. The molecule has 0 spiro atoms. The molecule has 1 amide bonds. The van der Waals surface area contributed by atoms with E-state index in [4.69, 9.17) is 10.5 Å². The predicted molar refractivity (Wildman–Crippen MR) is 65.2 cm³/mol. The Kier molecular flexibility index (Phi) is 8.15. The number of nitrogens with zero attached hydrogens (tertiary/aromatic N) is 1. The number of carbonyl (C=O) groups is 1. The van der Waals surface area contributed by atoms with E-state index < -0.39 is 0 Å². The molecule has 2 unspecified atom stereocenters. The zero-order chi connectivity index (χ0) is 12.6. The SMILES string of the molecule is COCC(C)NC(=O)CN(C)CC(C)CN. The second-order valence-corrected chi connectivity index (χ2v) is 4.46. The molecule has 0 aromatic heterocycles. The molecule has 0 saturated heterocycles. The maximum absolute atomic E-state index is 11.6. The van der Waals surface area contributed by atoms with E-state index in [2.05, 4.69) is 12.2 Å². The van der Waals surface area contributed by atoms with Crippen LogP contribution in [0.5, 0.6) is 0 Å². The molecule has 0 heterocycles. The number of nitrogens with one attached hydrogen (secondary N) is 1. The Morgan fingerprint density at radius 2 is 2.12 bits per heavy atom. The molecule has 0 aromatic rings. The normalized spacial score (nSPS) is 14.9. The van der Waals surface area contributed by atoms with Crippen molar-refractivity contribution in [2.24, 2.45) is 11.7 Å². The summed E-state index contributed by atoms with van der Waals surface area (Å²) in [5, 5.41) is 2.87. The van der Waals surface area contributed by atoms with Crippen molar-refractivity contribution in [2.75, 3.05) is 40.4 Å². The lowest BCUT2D eigenvalue weighted by atomic mass is 10.2. The first-order valence-corrected chi connectivity index (χ1v) is 5.66. The highest BCUT2D eigenvalue weighted by Gasteiger charge is 2.11. The van der Waals surface area contributed by atoms with Crippen LogP contribution in [0.25, 0.3) is 0 Å². The second-order valence-electron chi connectivity index (χ2n) is 4.46. The van der Waals surface area contributed by atoms with Crippen LogP contribution in [-0.4, -0.2) is 57.2 Å². The van der Waals surface area contributed by atoms with Gasteiger partial charge in [0.15, 0.2) is 0 Å². The first kappa shape index (κ1) is 15.3. The molecule has 2 atom stereocenters. The molecule has 0 aliphatic carbocycles. The standard InChI is InChI=1S/C11H25N3O2/c1-9(5-12)6-14(3)7-11(15)13-10(2)8-16-4/h9-10H,5-8,12H2,1-4H3,(H,13,15). The van der Waals surface area contributed by atoms with Gasteiger partial charge in [-0.25, -0.2) is 0 Å². The van der Waals surface area contributed by atoms with Gasteiger partial charge in [0.25, 0.3) is 0 Å². The molecule has 0 rings (SSSR count). The smallest absolute Gasteiger partial charge is 0.234 e. The highest BCUT2D eigenvalue weighted by molar-refractivity contribution is 5.78. The van der Waals surface area contributed by atoms with Crippen LogP contribution in [0.2, 0.25) is 0 Å². The molecule has 5 heteroatoms. The van der Waals surface area contributed by atoms with Gasteiger partial charge in [-0.15, -0.1) is 0 Å². The van der Waals surface area contributed by atoms with Gasteiger partial charge in [0, 0.05) is 19.7 Å². The largest absolute Gasteiger partial charge is 0.383 e. The second kappa shape index (κ2) is 8.50. The van der Waals surface area contributed by atoms with Crippen LogP contribution in [0.1, 0.15) is 13.8 Å². The number of carbonyl (C=O) groups excluding carboxylic acids is 1. The van der Waals surface area contributed by atoms with E-state index in [1.807, 2.05) is 18.9 Å². The monoisotopic (exact) mass is 231 g/mol. The van der Waals surface area contributed by atoms with Crippen molar-refractivity contribution in [3.05, 3.63) is 0 Å². The number of amides is 1. The zero-order valence-electron chi connectivity index (χ0n) is 10.8. The van der Waals surface area contributed by atoms with Crippen LogP contribution < -0.4 is 11.1 Å². The summed E-state index contributed by atoms with van der Waals surface area (Å²) >= 11 is 0. The van der Waals surface area contributed by atoms with Crippen molar-refractivity contribution in [3.8, 4) is 0 Å². The molecule has 0 saturated carbocycles. The maximum Gasteiger partial charge on any atom is 0.234 e. The van der Waals surface area contributed by atoms with Crippen LogP contribution in [-0.2, 0) is 9.53 Å². The average molecular weight is 231 g/mol. The summed E-state index contributed by atoms with van der Waals surface area (Å²) in [5.41, 5.74) is 5.53. The minimum atomic E-state index is 0.0243. The van der Waals surface area contributed by atoms with Crippen molar-refractivity contribution in [1.82, 2.24) is 10.2 Å². The van der Waals surface area contributed by atoms with E-state index in [0.29, 0.717) is 25.6 Å². The third-order valence-electron chi connectivity index (χ3n) is 2.26. The number of rotatable bonds is 8. The summed E-state index contributed by atoms with van der Waals surface area (Å²) in [5.74, 6) is 0.436. The molecule has 0 aliphatic heterocycles. The summed E-state index contributed by atoms with van der Waals surface area (Å²) in [7, 11) is 3.55. The van der Waals surface area contributed by atoms with E-state index in [1.54, 1.807) is 7.11 Å². The summed E-state index contributed by atoms with van der Waals surface area (Å²) in [4.78, 5) is 13.5. The molecule has 3 N–H and O–H groups in total. The minimum Gasteiger partial charge on any atom is -0.383 e. The lowest BCUT2D eigenvalue weighted by Gasteiger charge is -2.21. The van der Waals surface area contributed by atoms with Crippen LogP contribution in [0.3, 0.4) is 0 Å². The fourth-order valence-electron chi connectivity index (χ4n) is 1.53. The van der Waals surface area contributed by atoms with E-state index in [9.17, 15) is 4.79 Å². The molecule has 0 radical (unpaired) electrons. The van der Waals surface area contributed by atoms with Gasteiger partial charge in [-0.1, -0.05) is 6.92 Å². The summed E-state index contributed by atoms with van der Waals surface area (Å²) < 4.78 is 4.95. The van der Waals surface area contributed by atoms with Gasteiger partial charge in [0.05, 0.1) is 13.2 Å². The van der Waals surface area contributed by atoms with E-state index in [0.717, 1.165) is 6.54 Å². The van der Waals surface area contributed by atoms with E-state index in [1.165, 1.54) is 0 Å². The number of methoxy groups -OCH3 is 1. The topological polar surface area (TPSA) is 67.6 Å². The Bertz CT molecular complexity index is 200. The van der Waals surface area contributed by atoms with Crippen LogP contribution in [0.4, 0.5) is 0 Å². The van der Waals surface area contributed by atoms with Gasteiger partial charge in [-0.3, -0.25) is 9.69 Å². The number of ether oxygens (including phenoxy) is 1. The molecule has 0 aromatic carbocycles. The molecular weight excluding hydrogens is 206 g/mol. The Labute approximate surface area is 98.3 Å². The zero-order valence-corrected chi connectivity index (χ0v) is 10.8. The third-order valence-corrected chi connectivity index (χ3v) is 2.26. The van der Waals surface area contributed by atoms with Gasteiger partial charge >= 0.3 is 0 Å². The van der Waals surface area contributed by atoms with E-state index >= 15 is 0 Å². The fraction of sp³-hybridized carbons (Fsp3) is 0.909. The Morgan fingerprint density at radius 3 is 2.62 bits per heavy atom. The highest BCUT2D eigenvalue weighted by atomic mass is 16.5. The highest BCUT2D eigenvalue weighted by Crippen LogP contribution is 1.95. The van der Waals surface area contributed by atoms with Gasteiger partial charge in [-0.05, 0) is 26.4 Å². The average Bonchev–Trinajstić information content (AvgIpc) is 2.16. The lowest BCUT2D eigenvalue weighted by Crippen LogP contribution is -2.42. The Hall–Kier alpha value is -0.650. The van der Waals surface area contributed by atoms with E-state index in [-0.39, 0.29) is 11.9 Å². The fourth-order valence-corrected chi connectivity index (χ4v) is 1.53. The number of hydrogen-bond acceptors (Lipinski definition) is 4. The molecule has 0 fully saturated rings. The predicted octanol–water partition coefficient (Wildman–Crippen LogP) is -0.336. The van der Waals surface area contributed by atoms with Gasteiger partial charge < -0.3 is 15.8 Å². The first-order chi connectivity index (χ1) is 7.49. The maximum atomic E-state index is 11.6. The van der Waals surface area contributed by atoms with Crippen LogP contribution in [0, 0.1) is 5.92 Å². The molecule has 16 heavy (non-hydrogen) atoms. The summed E-state index contributed by atoms with van der Waals surface area (Å²) in [6.45, 7) is 6.41. The van der Waals surface area contributed by atoms with Crippen molar-refractivity contribution in [2.45, 2.75) is 19.9 Å². The van der Waals surface area contributed by atoms with Crippen LogP contribution in [0.15, 0.2) is 0 Å². The van der Waals surface area contributed by atoms with Crippen LogP contribution >= 0.6 is 0 Å². The van der Waals surface area contributed by atoms with Gasteiger partial charge in [-0.2, -0.15) is 0 Å². The Balaban J connectivity index is 3.77. The molecule has 0 bridgehead atoms. The summed E-state index contributed by atoms with van der Waals surface area (Å²) in [6, 6.07) is 0.0535. The molecule has 5 nitrogen and oxygen atoms in total. The molecular formula is C11H25N3O2. The molecule has 0 aliphatic rings.